The minimum Gasteiger partial charge on any atom is -0.444 e. The fourth-order valence-corrected chi connectivity index (χ4v) is 3.11. The Hall–Kier alpha value is -0.770. The molecular weight excluding hydrogens is 230 g/mol. The van der Waals surface area contributed by atoms with Gasteiger partial charge in [0.2, 0.25) is 0 Å². The molecule has 2 heterocycles. The molecule has 0 aromatic carbocycles. The lowest BCUT2D eigenvalue weighted by Gasteiger charge is -2.39. The van der Waals surface area contributed by atoms with E-state index < -0.39 is 5.60 Å². The summed E-state index contributed by atoms with van der Waals surface area (Å²) in [4.78, 5) is 14.2. The third-order valence-corrected chi connectivity index (χ3v) is 3.70. The van der Waals surface area contributed by atoms with Crippen molar-refractivity contribution in [3.63, 3.8) is 0 Å². The number of hydrogen-bond donors (Lipinski definition) is 0. The van der Waals surface area contributed by atoms with Gasteiger partial charge in [0.25, 0.3) is 0 Å². The summed E-state index contributed by atoms with van der Waals surface area (Å²) in [5.41, 5.74) is -0.409. The van der Waals surface area contributed by atoms with Crippen molar-refractivity contribution in [2.24, 2.45) is 0 Å². The van der Waals surface area contributed by atoms with Gasteiger partial charge in [-0.15, -0.1) is 0 Å². The van der Waals surface area contributed by atoms with Crippen molar-refractivity contribution in [1.29, 1.82) is 0 Å². The zero-order valence-electron chi connectivity index (χ0n) is 11.9. The number of rotatable bonds is 2. The van der Waals surface area contributed by atoms with E-state index in [1.807, 2.05) is 32.6 Å². The topological polar surface area (TPSA) is 38.8 Å². The van der Waals surface area contributed by atoms with Crippen molar-refractivity contribution in [2.75, 3.05) is 6.61 Å². The number of carbonyl (C=O) groups excluding carboxylic acids is 1. The zero-order valence-corrected chi connectivity index (χ0v) is 11.9. The smallest absolute Gasteiger partial charge is 0.410 e. The molecule has 2 rings (SSSR count). The molecule has 1 amide bonds. The van der Waals surface area contributed by atoms with E-state index in [1.54, 1.807) is 0 Å². The van der Waals surface area contributed by atoms with Crippen LogP contribution in [-0.2, 0) is 9.47 Å². The number of amides is 1. The molecule has 4 heteroatoms. The van der Waals surface area contributed by atoms with Crippen molar-refractivity contribution < 1.29 is 14.3 Å². The highest BCUT2D eigenvalue weighted by atomic mass is 16.6. The normalized spacial score (nSPS) is 31.6. The molecule has 0 N–H and O–H groups in total. The Balaban J connectivity index is 1.98. The molecule has 104 valence electrons. The summed E-state index contributed by atoms with van der Waals surface area (Å²) in [5.74, 6) is 0. The number of ether oxygens (including phenoxy) is 2. The second-order valence-electron chi connectivity index (χ2n) is 6.32. The molecule has 18 heavy (non-hydrogen) atoms. The quantitative estimate of drug-likeness (QED) is 0.761. The molecule has 0 aromatic heterocycles. The molecule has 2 atom stereocenters. The van der Waals surface area contributed by atoms with Gasteiger partial charge in [0.1, 0.15) is 5.60 Å². The fourth-order valence-electron chi connectivity index (χ4n) is 3.11. The van der Waals surface area contributed by atoms with Crippen LogP contribution in [0.5, 0.6) is 0 Å². The molecule has 2 aliphatic heterocycles. The molecule has 0 spiro atoms. The summed E-state index contributed by atoms with van der Waals surface area (Å²) in [5, 5.41) is 0. The summed E-state index contributed by atoms with van der Waals surface area (Å²) in [6.07, 6.45) is 4.28. The van der Waals surface area contributed by atoms with E-state index in [9.17, 15) is 4.79 Å². The lowest BCUT2D eigenvalue weighted by molar-refractivity contribution is -0.0313. The van der Waals surface area contributed by atoms with Gasteiger partial charge in [-0.2, -0.15) is 0 Å². The molecular formula is C14H25NO3. The fraction of sp³-hybridized carbons (Fsp3) is 0.929. The number of hydrogen-bond acceptors (Lipinski definition) is 3. The maximum atomic E-state index is 12.2. The Bertz CT molecular complexity index is 297. The van der Waals surface area contributed by atoms with Gasteiger partial charge in [-0.05, 0) is 53.4 Å². The highest BCUT2D eigenvalue weighted by Gasteiger charge is 2.44. The largest absolute Gasteiger partial charge is 0.444 e. The molecule has 2 fully saturated rings. The Morgan fingerprint density at radius 3 is 2.22 bits per heavy atom. The van der Waals surface area contributed by atoms with E-state index in [1.165, 1.54) is 0 Å². The molecule has 4 nitrogen and oxygen atoms in total. The van der Waals surface area contributed by atoms with Crippen molar-refractivity contribution in [1.82, 2.24) is 4.90 Å². The summed E-state index contributed by atoms with van der Waals surface area (Å²) >= 11 is 0. The summed E-state index contributed by atoms with van der Waals surface area (Å²) in [6, 6.07) is 0.630. The molecule has 0 saturated carbocycles. The van der Waals surface area contributed by atoms with Crippen LogP contribution in [0.3, 0.4) is 0 Å². The standard InChI is InChI=1S/C14H25NO3/c1-5-17-12-8-10-6-7-11(9-12)15(10)13(16)18-14(2,3)4/h10-12H,5-9H2,1-4H3. The highest BCUT2D eigenvalue weighted by Crippen LogP contribution is 2.37. The number of fused-ring (bicyclic) bond motifs is 2. The maximum Gasteiger partial charge on any atom is 0.410 e. The lowest BCUT2D eigenvalue weighted by atomic mass is 10.0. The average molecular weight is 255 g/mol. The van der Waals surface area contributed by atoms with Crippen LogP contribution in [0.2, 0.25) is 0 Å². The predicted octanol–water partition coefficient (Wildman–Crippen LogP) is 2.95. The van der Waals surface area contributed by atoms with Gasteiger partial charge in [0.15, 0.2) is 0 Å². The Labute approximate surface area is 110 Å². The molecule has 0 aromatic rings. The second kappa shape index (κ2) is 5.08. The minimum absolute atomic E-state index is 0.148. The van der Waals surface area contributed by atoms with Crippen molar-refractivity contribution in [2.45, 2.75) is 77.2 Å². The minimum atomic E-state index is -0.409. The second-order valence-corrected chi connectivity index (χ2v) is 6.32. The molecule has 2 saturated heterocycles. The van der Waals surface area contributed by atoms with E-state index in [4.69, 9.17) is 9.47 Å². The van der Waals surface area contributed by atoms with Crippen LogP contribution in [0.4, 0.5) is 4.79 Å². The van der Waals surface area contributed by atoms with Gasteiger partial charge in [0.05, 0.1) is 6.10 Å². The summed E-state index contributed by atoms with van der Waals surface area (Å²) in [7, 11) is 0. The van der Waals surface area contributed by atoms with Crippen LogP contribution in [-0.4, -0.2) is 41.4 Å². The number of nitrogens with zero attached hydrogens (tertiary/aromatic N) is 1. The van der Waals surface area contributed by atoms with E-state index in [2.05, 4.69) is 0 Å². The van der Waals surface area contributed by atoms with Gasteiger partial charge in [-0.3, -0.25) is 0 Å². The number of carbonyl (C=O) groups is 1. The van der Waals surface area contributed by atoms with Gasteiger partial charge < -0.3 is 14.4 Å². The molecule has 2 unspecified atom stereocenters. The van der Waals surface area contributed by atoms with Crippen molar-refractivity contribution in [3.8, 4) is 0 Å². The molecule has 0 aliphatic carbocycles. The van der Waals surface area contributed by atoms with Crippen molar-refractivity contribution in [3.05, 3.63) is 0 Å². The van der Waals surface area contributed by atoms with Gasteiger partial charge in [-0.1, -0.05) is 0 Å². The Kier molecular flexibility index (Phi) is 3.85. The van der Waals surface area contributed by atoms with Crippen LogP contribution in [0.1, 0.15) is 53.4 Å². The molecule has 0 radical (unpaired) electrons. The van der Waals surface area contributed by atoms with Crippen LogP contribution >= 0.6 is 0 Å². The van der Waals surface area contributed by atoms with Crippen LogP contribution in [0.25, 0.3) is 0 Å². The Morgan fingerprint density at radius 1 is 1.22 bits per heavy atom. The average Bonchev–Trinajstić information content (AvgIpc) is 2.49. The first kappa shape index (κ1) is 13.7. The third-order valence-electron chi connectivity index (χ3n) is 3.70. The van der Waals surface area contributed by atoms with E-state index in [0.717, 1.165) is 32.3 Å². The first-order chi connectivity index (χ1) is 8.40. The van der Waals surface area contributed by atoms with Gasteiger partial charge in [-0.25, -0.2) is 4.79 Å². The first-order valence-electron chi connectivity index (χ1n) is 7.03. The molecule has 2 bridgehead atoms. The van der Waals surface area contributed by atoms with Crippen LogP contribution < -0.4 is 0 Å². The monoisotopic (exact) mass is 255 g/mol. The van der Waals surface area contributed by atoms with Gasteiger partial charge in [0, 0.05) is 18.7 Å². The SMILES string of the molecule is CCOC1CC2CCC(C1)N2C(=O)OC(C)(C)C. The zero-order chi connectivity index (χ0) is 13.3. The third kappa shape index (κ3) is 2.97. The van der Waals surface area contributed by atoms with E-state index >= 15 is 0 Å². The highest BCUT2D eigenvalue weighted by molar-refractivity contribution is 5.69. The Morgan fingerprint density at radius 2 is 1.78 bits per heavy atom. The van der Waals surface area contributed by atoms with Crippen LogP contribution in [0.15, 0.2) is 0 Å². The van der Waals surface area contributed by atoms with E-state index in [0.29, 0.717) is 18.2 Å². The summed E-state index contributed by atoms with van der Waals surface area (Å²) in [6.45, 7) is 8.54. The number of piperidine rings is 1. The van der Waals surface area contributed by atoms with E-state index in [-0.39, 0.29) is 6.09 Å². The van der Waals surface area contributed by atoms with Crippen molar-refractivity contribution >= 4 is 6.09 Å². The van der Waals surface area contributed by atoms with Crippen LogP contribution in [0, 0.1) is 0 Å². The lowest BCUT2D eigenvalue weighted by Crippen LogP contribution is -2.50. The maximum absolute atomic E-state index is 12.2. The molecule has 2 aliphatic rings. The summed E-state index contributed by atoms with van der Waals surface area (Å²) < 4.78 is 11.2. The van der Waals surface area contributed by atoms with Gasteiger partial charge >= 0.3 is 6.09 Å². The predicted molar refractivity (Wildman–Crippen MR) is 69.5 cm³/mol. The first-order valence-corrected chi connectivity index (χ1v) is 7.03.